The number of hydrogen-bond donors (Lipinski definition) is 1. The molecule has 0 bridgehead atoms. The van der Waals surface area contributed by atoms with Gasteiger partial charge in [0.05, 0.1) is 4.47 Å². The van der Waals surface area contributed by atoms with Crippen LogP contribution in [0.15, 0.2) is 46.9 Å². The maximum Gasteiger partial charge on any atom is 0.141 e. The Morgan fingerprint density at radius 2 is 1.86 bits per heavy atom. The lowest BCUT2D eigenvalue weighted by atomic mass is 10.1. The van der Waals surface area contributed by atoms with Crippen LogP contribution >= 0.6 is 15.9 Å². The fourth-order valence-corrected chi connectivity index (χ4v) is 2.65. The molecule has 2 aromatic carbocycles. The van der Waals surface area contributed by atoms with Gasteiger partial charge in [0.2, 0.25) is 0 Å². The largest absolute Gasteiger partial charge is 0.456 e. The number of aryl methyl sites for hydroxylation is 1. The van der Waals surface area contributed by atoms with Crippen LogP contribution in [0.2, 0.25) is 0 Å². The number of rotatable bonds is 6. The Hall–Kier alpha value is -1.32. The van der Waals surface area contributed by atoms with Crippen LogP contribution in [-0.2, 0) is 6.42 Å². The van der Waals surface area contributed by atoms with Crippen molar-refractivity contribution >= 4 is 15.9 Å². The van der Waals surface area contributed by atoms with Gasteiger partial charge >= 0.3 is 0 Å². The summed E-state index contributed by atoms with van der Waals surface area (Å²) in [6.45, 7) is 4.32. The molecular formula is C18H22BrNO. The topological polar surface area (TPSA) is 21.3 Å². The summed E-state index contributed by atoms with van der Waals surface area (Å²) in [5.74, 6) is 1.70. The predicted octanol–water partition coefficient (Wildman–Crippen LogP) is 5.47. The van der Waals surface area contributed by atoms with E-state index in [-0.39, 0.29) is 0 Å². The van der Waals surface area contributed by atoms with Gasteiger partial charge in [-0.05, 0) is 71.7 Å². The van der Waals surface area contributed by atoms with Crippen molar-refractivity contribution in [2.24, 2.45) is 0 Å². The predicted molar refractivity (Wildman–Crippen MR) is 92.1 cm³/mol. The third-order valence-corrected chi connectivity index (χ3v) is 4.20. The van der Waals surface area contributed by atoms with Crippen LogP contribution < -0.4 is 10.1 Å². The van der Waals surface area contributed by atoms with Crippen molar-refractivity contribution in [3.8, 4) is 11.5 Å². The Balaban J connectivity index is 2.12. The monoisotopic (exact) mass is 347 g/mol. The third-order valence-electron chi connectivity index (χ3n) is 3.58. The van der Waals surface area contributed by atoms with Crippen molar-refractivity contribution in [3.05, 3.63) is 58.1 Å². The molecule has 0 aromatic heterocycles. The van der Waals surface area contributed by atoms with Gasteiger partial charge < -0.3 is 10.1 Å². The van der Waals surface area contributed by atoms with E-state index in [0.717, 1.165) is 28.8 Å². The van der Waals surface area contributed by atoms with Gasteiger partial charge in [-0.2, -0.15) is 0 Å². The lowest BCUT2D eigenvalue weighted by Gasteiger charge is -2.13. The Labute approximate surface area is 135 Å². The molecule has 0 spiro atoms. The first-order valence-electron chi connectivity index (χ1n) is 7.37. The van der Waals surface area contributed by atoms with Crippen LogP contribution in [0.4, 0.5) is 0 Å². The van der Waals surface area contributed by atoms with Crippen LogP contribution in [0.25, 0.3) is 0 Å². The molecule has 1 unspecified atom stereocenters. The highest BCUT2D eigenvalue weighted by molar-refractivity contribution is 9.10. The highest BCUT2D eigenvalue weighted by Crippen LogP contribution is 2.32. The summed E-state index contributed by atoms with van der Waals surface area (Å²) in [5.41, 5.74) is 2.58. The van der Waals surface area contributed by atoms with Gasteiger partial charge in [0.15, 0.2) is 0 Å². The molecule has 0 saturated carbocycles. The van der Waals surface area contributed by atoms with Crippen molar-refractivity contribution in [3.63, 3.8) is 0 Å². The van der Waals surface area contributed by atoms with Crippen LogP contribution in [0.3, 0.4) is 0 Å². The van der Waals surface area contributed by atoms with Gasteiger partial charge in [-0.3, -0.25) is 0 Å². The highest BCUT2D eigenvalue weighted by atomic mass is 79.9. The van der Waals surface area contributed by atoms with Crippen molar-refractivity contribution in [2.45, 2.75) is 32.7 Å². The average molecular weight is 348 g/mol. The van der Waals surface area contributed by atoms with E-state index in [1.54, 1.807) is 0 Å². The van der Waals surface area contributed by atoms with Gasteiger partial charge in [0.25, 0.3) is 0 Å². The summed E-state index contributed by atoms with van der Waals surface area (Å²) in [6, 6.07) is 14.8. The van der Waals surface area contributed by atoms with Gasteiger partial charge in [-0.1, -0.05) is 31.5 Å². The number of nitrogens with one attached hydrogen (secondary N) is 1. The smallest absolute Gasteiger partial charge is 0.141 e. The molecule has 112 valence electrons. The molecule has 0 heterocycles. The summed E-state index contributed by atoms with van der Waals surface area (Å²) < 4.78 is 6.92. The van der Waals surface area contributed by atoms with E-state index in [1.165, 1.54) is 11.1 Å². The third kappa shape index (κ3) is 4.32. The molecule has 3 heteroatoms. The summed E-state index contributed by atoms with van der Waals surface area (Å²) in [5, 5.41) is 3.23. The minimum absolute atomic E-state index is 0.323. The maximum absolute atomic E-state index is 5.94. The lowest BCUT2D eigenvalue weighted by Crippen LogP contribution is -2.12. The van der Waals surface area contributed by atoms with Crippen molar-refractivity contribution in [2.75, 3.05) is 7.05 Å². The second kappa shape index (κ2) is 7.62. The average Bonchev–Trinajstić information content (AvgIpc) is 2.50. The number of ether oxygens (including phenoxy) is 1. The first-order valence-corrected chi connectivity index (χ1v) is 8.16. The van der Waals surface area contributed by atoms with E-state index >= 15 is 0 Å². The SMILES string of the molecule is CCCc1ccc(Oc2ccc(C(C)NC)cc2Br)cc1. The molecule has 0 aliphatic rings. The first kappa shape index (κ1) is 16.1. The number of halogens is 1. The Kier molecular flexibility index (Phi) is 5.83. The summed E-state index contributed by atoms with van der Waals surface area (Å²) in [6.07, 6.45) is 2.28. The molecule has 0 aliphatic carbocycles. The zero-order valence-corrected chi connectivity index (χ0v) is 14.4. The molecule has 0 aliphatic heterocycles. The molecule has 0 amide bonds. The van der Waals surface area contributed by atoms with E-state index in [2.05, 4.69) is 59.4 Å². The van der Waals surface area contributed by atoms with Crippen molar-refractivity contribution < 1.29 is 4.74 Å². The Bertz CT molecular complexity index is 580. The molecule has 21 heavy (non-hydrogen) atoms. The molecule has 2 nitrogen and oxygen atoms in total. The van der Waals surface area contributed by atoms with E-state index < -0.39 is 0 Å². The van der Waals surface area contributed by atoms with E-state index in [4.69, 9.17) is 4.74 Å². The molecular weight excluding hydrogens is 326 g/mol. The Morgan fingerprint density at radius 1 is 1.14 bits per heavy atom. The fraction of sp³-hybridized carbons (Fsp3) is 0.333. The first-order chi connectivity index (χ1) is 10.1. The van der Waals surface area contributed by atoms with Crippen molar-refractivity contribution in [1.82, 2.24) is 5.32 Å². The van der Waals surface area contributed by atoms with Crippen LogP contribution in [0.5, 0.6) is 11.5 Å². The van der Waals surface area contributed by atoms with Gasteiger partial charge in [-0.15, -0.1) is 0 Å². The molecule has 1 N–H and O–H groups in total. The zero-order chi connectivity index (χ0) is 15.2. The van der Waals surface area contributed by atoms with Crippen LogP contribution in [0.1, 0.15) is 37.4 Å². The molecule has 2 rings (SSSR count). The Morgan fingerprint density at radius 3 is 2.43 bits per heavy atom. The van der Waals surface area contributed by atoms with Gasteiger partial charge in [0.1, 0.15) is 11.5 Å². The standard InChI is InChI=1S/C18H22BrNO/c1-4-5-14-6-9-16(10-7-14)21-18-11-8-15(12-17(18)19)13(2)20-3/h6-13,20H,4-5H2,1-3H3. The zero-order valence-electron chi connectivity index (χ0n) is 12.8. The van der Waals surface area contributed by atoms with E-state index in [1.807, 2.05) is 25.2 Å². The second-order valence-electron chi connectivity index (χ2n) is 5.20. The summed E-state index contributed by atoms with van der Waals surface area (Å²) >= 11 is 3.59. The highest BCUT2D eigenvalue weighted by Gasteiger charge is 2.08. The molecule has 2 aromatic rings. The van der Waals surface area contributed by atoms with E-state index in [9.17, 15) is 0 Å². The molecule has 0 radical (unpaired) electrons. The number of hydrogen-bond acceptors (Lipinski definition) is 2. The quantitative estimate of drug-likeness (QED) is 0.747. The summed E-state index contributed by atoms with van der Waals surface area (Å²) in [7, 11) is 1.96. The van der Waals surface area contributed by atoms with Gasteiger partial charge in [0, 0.05) is 6.04 Å². The lowest BCUT2D eigenvalue weighted by molar-refractivity contribution is 0.478. The van der Waals surface area contributed by atoms with Crippen LogP contribution in [0, 0.1) is 0 Å². The van der Waals surface area contributed by atoms with E-state index in [0.29, 0.717) is 6.04 Å². The molecule has 0 saturated heterocycles. The van der Waals surface area contributed by atoms with Gasteiger partial charge in [-0.25, -0.2) is 0 Å². The fourth-order valence-electron chi connectivity index (χ4n) is 2.18. The van der Waals surface area contributed by atoms with Crippen LogP contribution in [-0.4, -0.2) is 7.05 Å². The minimum Gasteiger partial charge on any atom is -0.456 e. The normalized spacial score (nSPS) is 12.2. The summed E-state index contributed by atoms with van der Waals surface area (Å²) in [4.78, 5) is 0. The second-order valence-corrected chi connectivity index (χ2v) is 6.05. The maximum atomic E-state index is 5.94. The minimum atomic E-state index is 0.323. The molecule has 1 atom stereocenters. The number of benzene rings is 2. The molecule has 0 fully saturated rings. The van der Waals surface area contributed by atoms with Crippen molar-refractivity contribution in [1.29, 1.82) is 0 Å².